The third-order valence-corrected chi connectivity index (χ3v) is 3.73. The van der Waals surface area contributed by atoms with Crippen LogP contribution in [0.15, 0.2) is 4.99 Å². The number of hydrogen-bond acceptors (Lipinski definition) is 2. The van der Waals surface area contributed by atoms with E-state index in [9.17, 15) is 0 Å². The molecule has 0 amide bonds. The Kier molecular flexibility index (Phi) is 23.2. The van der Waals surface area contributed by atoms with Crippen molar-refractivity contribution in [3.63, 3.8) is 0 Å². The predicted molar refractivity (Wildman–Crippen MR) is 105 cm³/mol. The van der Waals surface area contributed by atoms with Gasteiger partial charge in [0.1, 0.15) is 0 Å². The molecule has 0 unspecified atom stereocenters. The average Bonchev–Trinajstić information content (AvgIpc) is 2.53. The first-order valence-electron chi connectivity index (χ1n) is 9.48. The molecule has 0 aliphatic carbocycles. The van der Waals surface area contributed by atoms with Crippen molar-refractivity contribution in [3.05, 3.63) is 0 Å². The molecule has 23 heavy (non-hydrogen) atoms. The van der Waals surface area contributed by atoms with Crippen LogP contribution in [0.25, 0.3) is 0 Å². The summed E-state index contributed by atoms with van der Waals surface area (Å²) in [6.45, 7) is 7.37. The maximum atomic E-state index is 8.86. The van der Waals surface area contributed by atoms with Gasteiger partial charge in [-0.3, -0.25) is 4.99 Å². The van der Waals surface area contributed by atoms with Crippen LogP contribution in [0.2, 0.25) is 0 Å². The highest BCUT2D eigenvalue weighted by Crippen LogP contribution is 2.04. The van der Waals surface area contributed by atoms with Crippen molar-refractivity contribution in [2.45, 2.75) is 84.5 Å². The van der Waals surface area contributed by atoms with Gasteiger partial charge in [-0.25, -0.2) is 0 Å². The molecule has 0 aromatic carbocycles. The number of nitrogens with zero attached hydrogens (tertiary/aromatic N) is 1. The molecule has 4 nitrogen and oxygen atoms in total. The Hall–Kier alpha value is -0.480. The van der Waals surface area contributed by atoms with Crippen LogP contribution in [0.1, 0.15) is 84.5 Å². The van der Waals surface area contributed by atoms with Crippen molar-refractivity contribution in [3.8, 4) is 0 Å². The monoisotopic (exact) mass is 349 g/mol. The first-order valence-corrected chi connectivity index (χ1v) is 9.48. The highest BCUT2D eigenvalue weighted by atomic mass is 35.5. The Morgan fingerprint density at radius 2 is 1.22 bits per heavy atom. The number of aliphatic hydroxyl groups excluding tert-OH is 1. The fraction of sp³-hybridized carbons (Fsp3) is 0.944. The van der Waals surface area contributed by atoms with Crippen LogP contribution in [0.4, 0.5) is 0 Å². The van der Waals surface area contributed by atoms with Gasteiger partial charge in [-0.15, -0.1) is 12.4 Å². The van der Waals surface area contributed by atoms with Gasteiger partial charge in [0.05, 0.1) is 0 Å². The molecular weight excluding hydrogens is 310 g/mol. The zero-order chi connectivity index (χ0) is 16.3. The van der Waals surface area contributed by atoms with E-state index in [-0.39, 0.29) is 19.0 Å². The second-order valence-corrected chi connectivity index (χ2v) is 5.99. The van der Waals surface area contributed by atoms with Crippen LogP contribution in [-0.4, -0.2) is 37.3 Å². The molecule has 140 valence electrons. The zero-order valence-corrected chi connectivity index (χ0v) is 16.2. The van der Waals surface area contributed by atoms with E-state index in [2.05, 4.69) is 29.5 Å². The van der Waals surface area contributed by atoms with Gasteiger partial charge in [-0.2, -0.15) is 0 Å². The largest absolute Gasteiger partial charge is 0.396 e. The minimum absolute atomic E-state index is 0. The number of unbranched alkanes of at least 4 members (excludes halogenated alkanes) is 8. The minimum Gasteiger partial charge on any atom is -0.396 e. The number of nitrogens with one attached hydrogen (secondary N) is 2. The summed E-state index contributed by atoms with van der Waals surface area (Å²) < 4.78 is 0. The van der Waals surface area contributed by atoms with Crippen molar-refractivity contribution in [1.29, 1.82) is 0 Å². The lowest BCUT2D eigenvalue weighted by molar-refractivity contribution is 0.291. The Balaban J connectivity index is 0. The van der Waals surface area contributed by atoms with Crippen LogP contribution < -0.4 is 10.6 Å². The zero-order valence-electron chi connectivity index (χ0n) is 15.4. The summed E-state index contributed by atoms with van der Waals surface area (Å²) in [5.41, 5.74) is 0. The lowest BCUT2D eigenvalue weighted by Gasteiger charge is -2.12. The topological polar surface area (TPSA) is 56.7 Å². The van der Waals surface area contributed by atoms with Crippen molar-refractivity contribution in [2.75, 3.05) is 26.2 Å². The average molecular weight is 350 g/mol. The van der Waals surface area contributed by atoms with Gasteiger partial charge in [-0.05, 0) is 19.3 Å². The summed E-state index contributed by atoms with van der Waals surface area (Å²) in [6, 6.07) is 0. The Morgan fingerprint density at radius 1 is 0.739 bits per heavy atom. The summed E-state index contributed by atoms with van der Waals surface area (Å²) >= 11 is 0. The minimum atomic E-state index is 0. The summed E-state index contributed by atoms with van der Waals surface area (Å²) in [6.07, 6.45) is 13.7. The third kappa shape index (κ3) is 19.5. The van der Waals surface area contributed by atoms with Gasteiger partial charge < -0.3 is 15.7 Å². The standard InChI is InChI=1S/C18H39N3O.ClH/c1-3-5-7-9-10-12-15-20-18(21-16-13-17-22)19-14-11-8-6-4-2;/h22H,3-17H2,1-2H3,(H2,19,20,21);1H. The van der Waals surface area contributed by atoms with Crippen molar-refractivity contribution in [1.82, 2.24) is 10.6 Å². The van der Waals surface area contributed by atoms with Gasteiger partial charge in [0.2, 0.25) is 0 Å². The Morgan fingerprint density at radius 3 is 1.74 bits per heavy atom. The van der Waals surface area contributed by atoms with Gasteiger partial charge in [0, 0.05) is 26.2 Å². The highest BCUT2D eigenvalue weighted by molar-refractivity contribution is 5.85. The first kappa shape index (κ1) is 24.8. The second kappa shape index (κ2) is 21.5. The van der Waals surface area contributed by atoms with E-state index >= 15 is 0 Å². The molecule has 5 heteroatoms. The lowest BCUT2D eigenvalue weighted by atomic mass is 10.1. The molecule has 0 bridgehead atoms. The molecule has 0 rings (SSSR count). The normalized spacial score (nSPS) is 11.2. The SMILES string of the molecule is CCCCCCCCNC(=NCCCO)NCCCCCC.Cl. The molecule has 0 aliphatic heterocycles. The van der Waals surface area contributed by atoms with Crippen LogP contribution in [0.3, 0.4) is 0 Å². The number of rotatable bonds is 15. The van der Waals surface area contributed by atoms with Gasteiger partial charge in [-0.1, -0.05) is 65.2 Å². The van der Waals surface area contributed by atoms with Crippen molar-refractivity contribution >= 4 is 18.4 Å². The number of aliphatic imine (C=N–C) groups is 1. The molecular formula is C18H40ClN3O. The Bertz CT molecular complexity index is 250. The molecule has 0 fully saturated rings. The molecule has 0 aromatic rings. The molecule has 0 aliphatic rings. The molecule has 0 spiro atoms. The van der Waals surface area contributed by atoms with E-state index in [1.807, 2.05) is 0 Å². The first-order chi connectivity index (χ1) is 10.8. The molecule has 3 N–H and O–H groups in total. The molecule has 0 radical (unpaired) electrons. The van der Waals surface area contributed by atoms with Gasteiger partial charge >= 0.3 is 0 Å². The van der Waals surface area contributed by atoms with E-state index in [0.29, 0.717) is 6.54 Å². The quantitative estimate of drug-likeness (QED) is 0.235. The number of guanidine groups is 1. The van der Waals surface area contributed by atoms with E-state index in [1.165, 1.54) is 64.2 Å². The number of halogens is 1. The number of aliphatic hydroxyl groups is 1. The van der Waals surface area contributed by atoms with Gasteiger partial charge in [0.15, 0.2) is 5.96 Å². The fourth-order valence-corrected chi connectivity index (χ4v) is 2.31. The van der Waals surface area contributed by atoms with Crippen LogP contribution in [-0.2, 0) is 0 Å². The van der Waals surface area contributed by atoms with Crippen LogP contribution in [0, 0.1) is 0 Å². The maximum Gasteiger partial charge on any atom is 0.191 e. The molecule has 0 atom stereocenters. The Labute approximate surface area is 150 Å². The highest BCUT2D eigenvalue weighted by Gasteiger charge is 1.98. The molecule has 0 heterocycles. The lowest BCUT2D eigenvalue weighted by Crippen LogP contribution is -2.38. The summed E-state index contributed by atoms with van der Waals surface area (Å²) in [5.74, 6) is 0.915. The smallest absolute Gasteiger partial charge is 0.191 e. The van der Waals surface area contributed by atoms with Crippen molar-refractivity contribution in [2.24, 2.45) is 4.99 Å². The molecule has 0 aromatic heterocycles. The molecule has 0 saturated heterocycles. The number of hydrogen-bond donors (Lipinski definition) is 3. The third-order valence-electron chi connectivity index (χ3n) is 3.73. The second-order valence-electron chi connectivity index (χ2n) is 5.99. The molecule has 0 saturated carbocycles. The summed E-state index contributed by atoms with van der Waals surface area (Å²) in [5, 5.41) is 15.7. The van der Waals surface area contributed by atoms with E-state index in [0.717, 1.165) is 25.5 Å². The maximum absolute atomic E-state index is 8.86. The van der Waals surface area contributed by atoms with Crippen LogP contribution >= 0.6 is 12.4 Å². The summed E-state index contributed by atoms with van der Waals surface area (Å²) in [7, 11) is 0. The van der Waals surface area contributed by atoms with Gasteiger partial charge in [0.25, 0.3) is 0 Å². The van der Waals surface area contributed by atoms with Crippen LogP contribution in [0.5, 0.6) is 0 Å². The fourth-order valence-electron chi connectivity index (χ4n) is 2.31. The van der Waals surface area contributed by atoms with E-state index < -0.39 is 0 Å². The van der Waals surface area contributed by atoms with E-state index in [4.69, 9.17) is 5.11 Å². The van der Waals surface area contributed by atoms with E-state index in [1.54, 1.807) is 0 Å². The predicted octanol–water partition coefficient (Wildman–Crippen LogP) is 4.27. The summed E-state index contributed by atoms with van der Waals surface area (Å²) in [4.78, 5) is 4.51. The van der Waals surface area contributed by atoms with Crippen molar-refractivity contribution < 1.29 is 5.11 Å².